The first-order valence-electron chi connectivity index (χ1n) is 12.1. The van der Waals surface area contributed by atoms with Gasteiger partial charge < -0.3 is 15.0 Å². The number of carbonyl (C=O) groups excluding carboxylic acids is 1. The minimum Gasteiger partial charge on any atom is -0.373 e. The number of carbonyl (C=O) groups is 1. The van der Waals surface area contributed by atoms with E-state index in [1.165, 1.54) is 6.92 Å². The summed E-state index contributed by atoms with van der Waals surface area (Å²) in [6, 6.07) is 10.8. The van der Waals surface area contributed by atoms with Crippen LogP contribution < -0.4 is 5.32 Å². The Balaban J connectivity index is 1.49. The molecule has 2 fully saturated rings. The fourth-order valence-electron chi connectivity index (χ4n) is 4.87. The van der Waals surface area contributed by atoms with Gasteiger partial charge in [-0.2, -0.15) is 26.3 Å². The van der Waals surface area contributed by atoms with E-state index >= 15 is 0 Å². The zero-order valence-electron chi connectivity index (χ0n) is 20.3. The molecule has 37 heavy (non-hydrogen) atoms. The largest absolute Gasteiger partial charge is 0.416 e. The van der Waals surface area contributed by atoms with Crippen molar-refractivity contribution in [1.82, 2.24) is 10.2 Å². The molecule has 1 saturated carbocycles. The summed E-state index contributed by atoms with van der Waals surface area (Å²) >= 11 is 0. The highest BCUT2D eigenvalue weighted by Gasteiger charge is 2.43. The number of urea groups is 1. The lowest BCUT2D eigenvalue weighted by Crippen LogP contribution is -2.42. The third-order valence-electron chi connectivity index (χ3n) is 7.00. The van der Waals surface area contributed by atoms with Crippen LogP contribution in [0.2, 0.25) is 0 Å². The van der Waals surface area contributed by atoms with E-state index in [2.05, 4.69) is 5.32 Å². The zero-order valence-corrected chi connectivity index (χ0v) is 20.3. The molecule has 2 aromatic rings. The van der Waals surface area contributed by atoms with Gasteiger partial charge in [0.1, 0.15) is 0 Å². The molecular weight excluding hydrogens is 498 g/mol. The van der Waals surface area contributed by atoms with Crippen LogP contribution in [0.1, 0.15) is 61.0 Å². The van der Waals surface area contributed by atoms with Crippen molar-refractivity contribution in [3.8, 4) is 0 Å². The standard InChI is InChI=1S/C27H28F6N2O2/c1-18(20-11-22(26(28,29)30)13-23(12-20)27(31,32)33)37-17-25(21-7-3-2-4-8-21)14-19(15-25)16-34-24(36)35-9-5-6-10-35/h2-4,7-8,11-13,16,18H,5-6,9-10,14-15,17H2,1H3,(H,34,36)/t18-,25?/m1/s1. The first kappa shape index (κ1) is 27.0. The average molecular weight is 527 g/mol. The summed E-state index contributed by atoms with van der Waals surface area (Å²) in [5.74, 6) is 0. The Hall–Kier alpha value is -3.01. The van der Waals surface area contributed by atoms with Gasteiger partial charge in [-0.25, -0.2) is 4.79 Å². The van der Waals surface area contributed by atoms with Crippen LogP contribution in [0.4, 0.5) is 31.1 Å². The smallest absolute Gasteiger partial charge is 0.373 e. The van der Waals surface area contributed by atoms with Gasteiger partial charge in [-0.05, 0) is 61.9 Å². The van der Waals surface area contributed by atoms with E-state index in [0.29, 0.717) is 25.0 Å². The van der Waals surface area contributed by atoms with Crippen LogP contribution >= 0.6 is 0 Å². The molecule has 2 amide bonds. The quantitative estimate of drug-likeness (QED) is 0.404. The molecule has 10 heteroatoms. The summed E-state index contributed by atoms with van der Waals surface area (Å²) < 4.78 is 85.6. The molecule has 1 heterocycles. The van der Waals surface area contributed by atoms with Gasteiger partial charge in [-0.3, -0.25) is 0 Å². The number of ether oxygens (including phenoxy) is 1. The number of nitrogens with one attached hydrogen (secondary N) is 1. The predicted octanol–water partition coefficient (Wildman–Crippen LogP) is 7.22. The molecule has 2 aromatic carbocycles. The van der Waals surface area contributed by atoms with E-state index in [-0.39, 0.29) is 24.3 Å². The number of hydrogen-bond donors (Lipinski definition) is 1. The molecular formula is C27H28F6N2O2. The van der Waals surface area contributed by atoms with Gasteiger partial charge in [0.15, 0.2) is 0 Å². The molecule has 0 bridgehead atoms. The average Bonchev–Trinajstić information content (AvgIpc) is 3.37. The second-order valence-electron chi connectivity index (χ2n) is 9.74. The number of amides is 2. The van der Waals surface area contributed by atoms with E-state index < -0.39 is 35.0 Å². The fourth-order valence-corrected chi connectivity index (χ4v) is 4.87. The number of allylic oxidation sites excluding steroid dienone is 1. The third kappa shape index (κ3) is 6.29. The van der Waals surface area contributed by atoms with E-state index in [1.807, 2.05) is 30.3 Å². The SMILES string of the molecule is C[C@@H](OCC1(c2ccccc2)CC(=CNC(=O)N2CCCC2)C1)c1cc(C(F)(F)F)cc(C(F)(F)F)c1. The monoisotopic (exact) mass is 526 g/mol. The van der Waals surface area contributed by atoms with Gasteiger partial charge in [0.2, 0.25) is 0 Å². The van der Waals surface area contributed by atoms with Crippen LogP contribution in [-0.2, 0) is 22.5 Å². The van der Waals surface area contributed by atoms with Crippen LogP contribution in [0, 0.1) is 0 Å². The maximum atomic E-state index is 13.3. The number of halogens is 6. The summed E-state index contributed by atoms with van der Waals surface area (Å²) in [5.41, 5.74) is -1.51. The van der Waals surface area contributed by atoms with Gasteiger partial charge in [0.25, 0.3) is 0 Å². The van der Waals surface area contributed by atoms with Crippen molar-refractivity contribution in [2.45, 2.75) is 56.5 Å². The minimum atomic E-state index is -4.92. The van der Waals surface area contributed by atoms with Crippen LogP contribution in [0.3, 0.4) is 0 Å². The van der Waals surface area contributed by atoms with Crippen molar-refractivity contribution in [3.63, 3.8) is 0 Å². The highest BCUT2D eigenvalue weighted by atomic mass is 19.4. The van der Waals surface area contributed by atoms with Crippen LogP contribution in [0.25, 0.3) is 0 Å². The molecule has 4 nitrogen and oxygen atoms in total. The third-order valence-corrected chi connectivity index (χ3v) is 7.00. The maximum Gasteiger partial charge on any atom is 0.416 e. The summed E-state index contributed by atoms with van der Waals surface area (Å²) in [6.07, 6.45) is -6.12. The predicted molar refractivity (Wildman–Crippen MR) is 126 cm³/mol. The topological polar surface area (TPSA) is 41.6 Å². The molecule has 200 valence electrons. The Labute approximate surface area is 211 Å². The van der Waals surface area contributed by atoms with Crippen molar-refractivity contribution in [2.24, 2.45) is 0 Å². The lowest BCUT2D eigenvalue weighted by atomic mass is 9.62. The fraction of sp³-hybridized carbons (Fsp3) is 0.444. The van der Waals surface area contributed by atoms with Gasteiger partial charge in [0.05, 0.1) is 23.8 Å². The second kappa shape index (κ2) is 10.4. The number of rotatable bonds is 6. The van der Waals surface area contributed by atoms with Crippen molar-refractivity contribution < 1.29 is 35.9 Å². The molecule has 4 rings (SSSR count). The molecule has 1 N–H and O–H groups in total. The Morgan fingerprint density at radius 2 is 1.57 bits per heavy atom. The van der Waals surface area contributed by atoms with Crippen molar-refractivity contribution in [2.75, 3.05) is 19.7 Å². The number of likely N-dealkylation sites (tertiary alicyclic amines) is 1. The van der Waals surface area contributed by atoms with E-state index in [9.17, 15) is 31.1 Å². The van der Waals surface area contributed by atoms with E-state index in [0.717, 1.165) is 37.1 Å². The van der Waals surface area contributed by atoms with Crippen LogP contribution in [0.15, 0.2) is 60.3 Å². The minimum absolute atomic E-state index is 0.0905. The molecule has 0 spiro atoms. The first-order chi connectivity index (χ1) is 17.4. The molecule has 1 atom stereocenters. The summed E-state index contributed by atoms with van der Waals surface area (Å²) in [4.78, 5) is 14.0. The van der Waals surface area contributed by atoms with E-state index in [1.54, 1.807) is 11.1 Å². The van der Waals surface area contributed by atoms with Gasteiger partial charge in [0, 0.05) is 24.7 Å². The number of benzene rings is 2. The normalized spacial score (nSPS) is 20.9. The zero-order chi connectivity index (χ0) is 26.8. The molecule has 1 aliphatic heterocycles. The molecule has 0 aromatic heterocycles. The summed E-state index contributed by atoms with van der Waals surface area (Å²) in [5, 5.41) is 2.82. The number of alkyl halides is 6. The molecule has 2 aliphatic rings. The maximum absolute atomic E-state index is 13.3. The molecule has 1 aliphatic carbocycles. The number of nitrogens with zero attached hydrogens (tertiary/aromatic N) is 1. The van der Waals surface area contributed by atoms with Crippen molar-refractivity contribution in [1.29, 1.82) is 0 Å². The van der Waals surface area contributed by atoms with Gasteiger partial charge in [-0.1, -0.05) is 35.9 Å². The van der Waals surface area contributed by atoms with Crippen molar-refractivity contribution >= 4 is 6.03 Å². The van der Waals surface area contributed by atoms with Crippen LogP contribution in [-0.4, -0.2) is 30.6 Å². The Kier molecular flexibility index (Phi) is 7.60. The lowest BCUT2D eigenvalue weighted by molar-refractivity contribution is -0.143. The van der Waals surface area contributed by atoms with Crippen molar-refractivity contribution in [3.05, 3.63) is 82.6 Å². The van der Waals surface area contributed by atoms with E-state index in [4.69, 9.17) is 4.74 Å². The number of hydrogen-bond acceptors (Lipinski definition) is 2. The Morgan fingerprint density at radius 1 is 1.00 bits per heavy atom. The highest BCUT2D eigenvalue weighted by molar-refractivity contribution is 5.75. The first-order valence-corrected chi connectivity index (χ1v) is 12.1. The summed E-state index contributed by atoms with van der Waals surface area (Å²) in [6.45, 7) is 2.98. The molecule has 1 saturated heterocycles. The van der Waals surface area contributed by atoms with Crippen LogP contribution in [0.5, 0.6) is 0 Å². The second-order valence-corrected chi connectivity index (χ2v) is 9.74. The van der Waals surface area contributed by atoms with Gasteiger partial charge in [-0.15, -0.1) is 0 Å². The lowest BCUT2D eigenvalue weighted by Gasteiger charge is -2.45. The highest BCUT2D eigenvalue weighted by Crippen LogP contribution is 2.48. The van der Waals surface area contributed by atoms with Gasteiger partial charge >= 0.3 is 18.4 Å². The molecule has 0 unspecified atom stereocenters. The Bertz CT molecular complexity index is 1100. The molecule has 0 radical (unpaired) electrons. The Morgan fingerprint density at radius 3 is 2.11 bits per heavy atom. The summed E-state index contributed by atoms with van der Waals surface area (Å²) in [7, 11) is 0.